The third-order valence-corrected chi connectivity index (χ3v) is 6.29. The molecular formula is C19H29N3O4S. The first-order chi connectivity index (χ1) is 12.8. The molecule has 0 aliphatic carbocycles. The number of hydrogen-bond acceptors (Lipinski definition) is 6. The van der Waals surface area contributed by atoms with Crippen molar-refractivity contribution in [2.75, 3.05) is 19.4 Å². The number of furan rings is 1. The molecule has 7 nitrogen and oxygen atoms in total. The molecule has 0 saturated carbocycles. The number of hydrogen-bond donors (Lipinski definition) is 0. The summed E-state index contributed by atoms with van der Waals surface area (Å²) >= 11 is 0. The topological polar surface area (TPSA) is 77.6 Å². The Hall–Kier alpha value is -1.64. The van der Waals surface area contributed by atoms with Gasteiger partial charge in [-0.05, 0) is 37.9 Å². The fourth-order valence-corrected chi connectivity index (χ4v) is 5.07. The van der Waals surface area contributed by atoms with Crippen LogP contribution in [-0.4, -0.2) is 48.4 Å². The van der Waals surface area contributed by atoms with Crippen LogP contribution in [0.25, 0.3) is 0 Å². The van der Waals surface area contributed by atoms with E-state index in [2.05, 4.69) is 23.7 Å². The van der Waals surface area contributed by atoms with Crippen LogP contribution in [0.4, 0.5) is 0 Å². The molecule has 8 heteroatoms. The van der Waals surface area contributed by atoms with Gasteiger partial charge in [0.05, 0.1) is 36.6 Å². The van der Waals surface area contributed by atoms with Gasteiger partial charge < -0.3 is 13.7 Å². The molecule has 1 aliphatic heterocycles. The van der Waals surface area contributed by atoms with Crippen LogP contribution in [0.1, 0.15) is 38.1 Å². The zero-order chi connectivity index (χ0) is 19.4. The molecule has 1 fully saturated rings. The lowest BCUT2D eigenvalue weighted by molar-refractivity contribution is 0.127. The summed E-state index contributed by atoms with van der Waals surface area (Å²) in [6.07, 6.45) is 4.83. The second-order valence-electron chi connectivity index (χ2n) is 7.70. The fourth-order valence-electron chi connectivity index (χ4n) is 3.42. The zero-order valence-corrected chi connectivity index (χ0v) is 17.1. The van der Waals surface area contributed by atoms with Crippen molar-refractivity contribution >= 4 is 9.84 Å². The van der Waals surface area contributed by atoms with E-state index in [9.17, 15) is 8.42 Å². The van der Waals surface area contributed by atoms with Gasteiger partial charge in [-0.2, -0.15) is 0 Å². The van der Waals surface area contributed by atoms with E-state index in [1.54, 1.807) is 12.5 Å². The van der Waals surface area contributed by atoms with E-state index < -0.39 is 9.84 Å². The monoisotopic (exact) mass is 395 g/mol. The summed E-state index contributed by atoms with van der Waals surface area (Å²) in [6.45, 7) is 6.65. The first kappa shape index (κ1) is 20.1. The minimum absolute atomic E-state index is 0.00375. The SMILES string of the molecule is CC(C)Cn1c(CN(C)Cc2ccco2)cnc1S(=O)(=O)C[C@@H]1CCCO1. The molecule has 0 amide bonds. The van der Waals surface area contributed by atoms with Crippen molar-refractivity contribution in [3.63, 3.8) is 0 Å². The average molecular weight is 396 g/mol. The number of nitrogens with zero attached hydrogens (tertiary/aromatic N) is 3. The van der Waals surface area contributed by atoms with Crippen LogP contribution in [0.2, 0.25) is 0 Å². The summed E-state index contributed by atoms with van der Waals surface area (Å²) in [5.41, 5.74) is 0.892. The third kappa shape index (κ3) is 5.21. The predicted molar refractivity (Wildman–Crippen MR) is 102 cm³/mol. The molecular weight excluding hydrogens is 366 g/mol. The van der Waals surface area contributed by atoms with E-state index in [1.807, 2.05) is 23.7 Å². The molecule has 3 rings (SSSR count). The molecule has 0 spiro atoms. The Labute approximate surface area is 161 Å². The Bertz CT molecular complexity index is 821. The van der Waals surface area contributed by atoms with Crippen LogP contribution in [0.3, 0.4) is 0 Å². The minimum Gasteiger partial charge on any atom is -0.468 e. The Morgan fingerprint density at radius 2 is 2.19 bits per heavy atom. The van der Waals surface area contributed by atoms with E-state index in [4.69, 9.17) is 9.15 Å². The van der Waals surface area contributed by atoms with Crippen molar-refractivity contribution in [3.8, 4) is 0 Å². The summed E-state index contributed by atoms with van der Waals surface area (Å²) in [6, 6.07) is 3.79. The maximum atomic E-state index is 13.0. The van der Waals surface area contributed by atoms with E-state index in [0.717, 1.165) is 24.3 Å². The first-order valence-electron chi connectivity index (χ1n) is 9.45. The Kier molecular flexibility index (Phi) is 6.39. The van der Waals surface area contributed by atoms with Crippen LogP contribution in [-0.2, 0) is 34.2 Å². The quantitative estimate of drug-likeness (QED) is 0.650. The molecule has 0 aromatic carbocycles. The van der Waals surface area contributed by atoms with Crippen molar-refractivity contribution in [1.29, 1.82) is 0 Å². The summed E-state index contributed by atoms with van der Waals surface area (Å²) in [4.78, 5) is 6.39. The molecule has 0 bridgehead atoms. The number of rotatable bonds is 9. The largest absolute Gasteiger partial charge is 0.468 e. The summed E-state index contributed by atoms with van der Waals surface area (Å²) in [5.74, 6) is 1.19. The number of imidazole rings is 1. The lowest BCUT2D eigenvalue weighted by Gasteiger charge is -2.19. The Balaban J connectivity index is 1.79. The molecule has 1 aliphatic rings. The van der Waals surface area contributed by atoms with Crippen molar-refractivity contribution in [3.05, 3.63) is 36.0 Å². The maximum Gasteiger partial charge on any atom is 0.227 e. The van der Waals surface area contributed by atoms with Gasteiger partial charge in [0.1, 0.15) is 5.76 Å². The van der Waals surface area contributed by atoms with Crippen molar-refractivity contribution in [1.82, 2.24) is 14.5 Å². The molecule has 0 unspecified atom stereocenters. The van der Waals surface area contributed by atoms with Gasteiger partial charge in [0, 0.05) is 19.7 Å². The fraction of sp³-hybridized carbons (Fsp3) is 0.632. The standard InChI is InChI=1S/C19H29N3O4S/c1-15(2)11-22-16(12-21(3)13-17-6-4-8-25-17)10-20-19(22)27(23,24)14-18-7-5-9-26-18/h4,6,8,10,15,18H,5,7,9,11-14H2,1-3H3/t18-/m0/s1. The Morgan fingerprint density at radius 1 is 1.37 bits per heavy atom. The highest BCUT2D eigenvalue weighted by Gasteiger charge is 2.29. The average Bonchev–Trinajstić information content (AvgIpc) is 3.31. The van der Waals surface area contributed by atoms with Gasteiger partial charge in [0.25, 0.3) is 0 Å². The van der Waals surface area contributed by atoms with Crippen molar-refractivity contribution < 1.29 is 17.6 Å². The predicted octanol–water partition coefficient (Wildman–Crippen LogP) is 2.72. The summed E-state index contributed by atoms with van der Waals surface area (Å²) < 4.78 is 38.7. The van der Waals surface area contributed by atoms with Crippen LogP contribution >= 0.6 is 0 Å². The first-order valence-corrected chi connectivity index (χ1v) is 11.1. The lowest BCUT2D eigenvalue weighted by atomic mass is 10.2. The van der Waals surface area contributed by atoms with Gasteiger partial charge in [-0.15, -0.1) is 0 Å². The highest BCUT2D eigenvalue weighted by Crippen LogP contribution is 2.21. The van der Waals surface area contributed by atoms with Crippen molar-refractivity contribution in [2.24, 2.45) is 5.92 Å². The zero-order valence-electron chi connectivity index (χ0n) is 16.3. The highest BCUT2D eigenvalue weighted by atomic mass is 32.2. The van der Waals surface area contributed by atoms with E-state index in [-0.39, 0.29) is 17.0 Å². The molecule has 27 heavy (non-hydrogen) atoms. The molecule has 3 heterocycles. The molecule has 0 N–H and O–H groups in total. The number of sulfone groups is 1. The summed E-state index contributed by atoms with van der Waals surface area (Å²) in [7, 11) is -1.51. The van der Waals surface area contributed by atoms with Gasteiger partial charge in [-0.1, -0.05) is 13.8 Å². The maximum absolute atomic E-state index is 13.0. The van der Waals surface area contributed by atoms with Gasteiger partial charge in [0.15, 0.2) is 0 Å². The molecule has 0 radical (unpaired) electrons. The number of aromatic nitrogens is 2. The van der Waals surface area contributed by atoms with Crippen LogP contribution in [0.15, 0.2) is 34.2 Å². The van der Waals surface area contributed by atoms with E-state index >= 15 is 0 Å². The molecule has 1 atom stereocenters. The Morgan fingerprint density at radius 3 is 2.81 bits per heavy atom. The van der Waals surface area contributed by atoms with E-state index in [0.29, 0.717) is 32.2 Å². The normalized spacial score (nSPS) is 18.0. The summed E-state index contributed by atoms with van der Waals surface area (Å²) in [5, 5.41) is 0.160. The third-order valence-electron chi connectivity index (χ3n) is 4.59. The van der Waals surface area contributed by atoms with Crippen LogP contribution in [0, 0.1) is 5.92 Å². The smallest absolute Gasteiger partial charge is 0.227 e. The molecule has 150 valence electrons. The van der Waals surface area contributed by atoms with E-state index in [1.165, 1.54) is 0 Å². The second kappa shape index (κ2) is 8.58. The van der Waals surface area contributed by atoms with Crippen LogP contribution < -0.4 is 0 Å². The highest BCUT2D eigenvalue weighted by molar-refractivity contribution is 7.91. The van der Waals surface area contributed by atoms with Crippen molar-refractivity contribution in [2.45, 2.75) is 57.6 Å². The van der Waals surface area contributed by atoms with Crippen LogP contribution in [0.5, 0.6) is 0 Å². The van der Waals surface area contributed by atoms with Gasteiger partial charge in [-0.3, -0.25) is 4.90 Å². The second-order valence-corrected chi connectivity index (χ2v) is 9.63. The molecule has 2 aromatic rings. The minimum atomic E-state index is -3.50. The number of ether oxygens (including phenoxy) is 1. The lowest BCUT2D eigenvalue weighted by Crippen LogP contribution is -2.25. The van der Waals surface area contributed by atoms with Gasteiger partial charge >= 0.3 is 0 Å². The molecule has 2 aromatic heterocycles. The molecule has 1 saturated heterocycles. The van der Waals surface area contributed by atoms with Gasteiger partial charge in [0.2, 0.25) is 15.0 Å². The van der Waals surface area contributed by atoms with Gasteiger partial charge in [-0.25, -0.2) is 13.4 Å².